The molecule has 0 amide bonds. The molecule has 1 heterocycles. The second-order valence-corrected chi connectivity index (χ2v) is 6.27. The molecule has 0 spiro atoms. The van der Waals surface area contributed by atoms with Crippen LogP contribution >= 0.6 is 27.3 Å². The highest BCUT2D eigenvalue weighted by Crippen LogP contribution is 2.30. The Labute approximate surface area is 133 Å². The van der Waals surface area contributed by atoms with Crippen molar-refractivity contribution >= 4 is 27.3 Å². The van der Waals surface area contributed by atoms with E-state index in [-0.39, 0.29) is 0 Å². The fourth-order valence-electron chi connectivity index (χ4n) is 2.26. The molecule has 2 aromatic rings. The van der Waals surface area contributed by atoms with E-state index in [0.717, 1.165) is 25.1 Å². The number of aryl methyl sites for hydroxylation is 1. The van der Waals surface area contributed by atoms with Crippen molar-refractivity contribution in [1.82, 2.24) is 5.32 Å². The maximum absolute atomic E-state index is 5.19. The number of halogens is 1. The Bertz CT molecular complexity index is 524. The fraction of sp³-hybridized carbons (Fsp3) is 0.375. The Morgan fingerprint density at radius 3 is 2.55 bits per heavy atom. The van der Waals surface area contributed by atoms with Gasteiger partial charge in [-0.05, 0) is 64.0 Å². The standard InChI is InChI=1S/C16H20BrNOS/c1-3-18-16(14-10-20-11-15(14)17)9-6-12-4-7-13(19-2)8-5-12/h4-5,7-8,10-11,16,18H,3,6,9H2,1-2H3. The van der Waals surface area contributed by atoms with E-state index >= 15 is 0 Å². The third kappa shape index (κ3) is 4.08. The van der Waals surface area contributed by atoms with Gasteiger partial charge in [0, 0.05) is 15.9 Å². The van der Waals surface area contributed by atoms with E-state index in [2.05, 4.69) is 51.1 Å². The summed E-state index contributed by atoms with van der Waals surface area (Å²) in [5, 5.41) is 7.94. The zero-order chi connectivity index (χ0) is 14.4. The molecule has 1 aromatic carbocycles. The summed E-state index contributed by atoms with van der Waals surface area (Å²) in [5.74, 6) is 0.914. The normalized spacial score (nSPS) is 12.3. The van der Waals surface area contributed by atoms with Crippen molar-refractivity contribution < 1.29 is 4.74 Å². The Morgan fingerprint density at radius 1 is 1.25 bits per heavy atom. The average Bonchev–Trinajstić information content (AvgIpc) is 2.90. The molecule has 0 saturated heterocycles. The highest BCUT2D eigenvalue weighted by atomic mass is 79.9. The molecule has 0 aliphatic rings. The maximum Gasteiger partial charge on any atom is 0.118 e. The Hall–Kier alpha value is -0.840. The van der Waals surface area contributed by atoms with Crippen LogP contribution < -0.4 is 10.1 Å². The SMILES string of the molecule is CCNC(CCc1ccc(OC)cc1)c1cscc1Br. The molecular weight excluding hydrogens is 334 g/mol. The van der Waals surface area contributed by atoms with E-state index < -0.39 is 0 Å². The van der Waals surface area contributed by atoms with Gasteiger partial charge in [-0.15, -0.1) is 0 Å². The molecule has 20 heavy (non-hydrogen) atoms. The minimum atomic E-state index is 0.405. The number of nitrogens with one attached hydrogen (secondary N) is 1. The molecule has 2 nitrogen and oxygen atoms in total. The molecule has 4 heteroatoms. The summed E-state index contributed by atoms with van der Waals surface area (Å²) in [5.41, 5.74) is 2.71. The van der Waals surface area contributed by atoms with Crippen molar-refractivity contribution in [3.8, 4) is 5.75 Å². The first-order valence-corrected chi connectivity index (χ1v) is 8.56. The van der Waals surface area contributed by atoms with Crippen molar-refractivity contribution in [2.24, 2.45) is 0 Å². The fourth-order valence-corrected chi connectivity index (χ4v) is 3.88. The van der Waals surface area contributed by atoms with Gasteiger partial charge in [0.25, 0.3) is 0 Å². The summed E-state index contributed by atoms with van der Waals surface area (Å²) in [7, 11) is 1.70. The van der Waals surface area contributed by atoms with Crippen molar-refractivity contribution in [3.05, 3.63) is 50.6 Å². The van der Waals surface area contributed by atoms with Gasteiger partial charge in [-0.2, -0.15) is 11.3 Å². The monoisotopic (exact) mass is 353 g/mol. The van der Waals surface area contributed by atoms with E-state index in [1.54, 1.807) is 18.4 Å². The van der Waals surface area contributed by atoms with Crippen molar-refractivity contribution in [3.63, 3.8) is 0 Å². The van der Waals surface area contributed by atoms with Crippen LogP contribution in [0.4, 0.5) is 0 Å². The third-order valence-electron chi connectivity index (χ3n) is 3.35. The number of methoxy groups -OCH3 is 1. The number of rotatable bonds is 7. The lowest BCUT2D eigenvalue weighted by Crippen LogP contribution is -2.21. The van der Waals surface area contributed by atoms with Gasteiger partial charge in [-0.3, -0.25) is 0 Å². The van der Waals surface area contributed by atoms with E-state index in [4.69, 9.17) is 4.74 Å². The van der Waals surface area contributed by atoms with Gasteiger partial charge < -0.3 is 10.1 Å². The third-order valence-corrected chi connectivity index (χ3v) is 5.10. The summed E-state index contributed by atoms with van der Waals surface area (Å²) in [6.45, 7) is 3.14. The minimum Gasteiger partial charge on any atom is -0.497 e. The summed E-state index contributed by atoms with van der Waals surface area (Å²) in [4.78, 5) is 0. The lowest BCUT2D eigenvalue weighted by molar-refractivity contribution is 0.414. The molecule has 0 aliphatic heterocycles. The molecule has 1 N–H and O–H groups in total. The molecule has 1 unspecified atom stereocenters. The summed E-state index contributed by atoms with van der Waals surface area (Å²) < 4.78 is 6.40. The van der Waals surface area contributed by atoms with Crippen LogP contribution in [0.25, 0.3) is 0 Å². The summed E-state index contributed by atoms with van der Waals surface area (Å²) in [6, 6.07) is 8.74. The Balaban J connectivity index is 2.00. The van der Waals surface area contributed by atoms with Crippen molar-refractivity contribution in [1.29, 1.82) is 0 Å². The van der Waals surface area contributed by atoms with Crippen LogP contribution in [0.15, 0.2) is 39.5 Å². The van der Waals surface area contributed by atoms with Crippen LogP contribution in [0.5, 0.6) is 5.75 Å². The minimum absolute atomic E-state index is 0.405. The first-order valence-electron chi connectivity index (χ1n) is 6.82. The molecule has 0 radical (unpaired) electrons. The second kappa shape index (κ2) is 7.81. The number of thiophene rings is 1. The zero-order valence-corrected chi connectivity index (χ0v) is 14.3. The van der Waals surface area contributed by atoms with Gasteiger partial charge >= 0.3 is 0 Å². The van der Waals surface area contributed by atoms with Gasteiger partial charge in [-0.25, -0.2) is 0 Å². The van der Waals surface area contributed by atoms with Gasteiger partial charge in [0.2, 0.25) is 0 Å². The molecule has 0 saturated carbocycles. The topological polar surface area (TPSA) is 21.3 Å². The average molecular weight is 354 g/mol. The van der Waals surface area contributed by atoms with E-state index in [9.17, 15) is 0 Å². The predicted octanol–water partition coefficient (Wildman–Crippen LogP) is 4.80. The van der Waals surface area contributed by atoms with Crippen molar-refractivity contribution in [2.75, 3.05) is 13.7 Å². The highest BCUT2D eigenvalue weighted by Gasteiger charge is 2.14. The number of hydrogen-bond acceptors (Lipinski definition) is 3. The first-order chi connectivity index (χ1) is 9.74. The van der Waals surface area contributed by atoms with Gasteiger partial charge in [0.1, 0.15) is 5.75 Å². The highest BCUT2D eigenvalue weighted by molar-refractivity contribution is 9.10. The lowest BCUT2D eigenvalue weighted by atomic mass is 10.0. The number of benzene rings is 1. The summed E-state index contributed by atoms with van der Waals surface area (Å²) in [6.07, 6.45) is 2.15. The second-order valence-electron chi connectivity index (χ2n) is 4.67. The van der Waals surface area contributed by atoms with Crippen LogP contribution in [0.2, 0.25) is 0 Å². The molecule has 2 rings (SSSR count). The van der Waals surface area contributed by atoms with Crippen LogP contribution in [0.1, 0.15) is 30.5 Å². The number of hydrogen-bond donors (Lipinski definition) is 1. The molecule has 0 fully saturated rings. The maximum atomic E-state index is 5.19. The van der Waals surface area contributed by atoms with Crippen molar-refractivity contribution in [2.45, 2.75) is 25.8 Å². The van der Waals surface area contributed by atoms with E-state index in [1.165, 1.54) is 15.6 Å². The lowest BCUT2D eigenvalue weighted by Gasteiger charge is -2.17. The predicted molar refractivity (Wildman–Crippen MR) is 89.8 cm³/mol. The van der Waals surface area contributed by atoms with Crippen LogP contribution in [0, 0.1) is 0 Å². The molecule has 0 bridgehead atoms. The van der Waals surface area contributed by atoms with Gasteiger partial charge in [-0.1, -0.05) is 19.1 Å². The molecule has 1 aromatic heterocycles. The van der Waals surface area contributed by atoms with E-state index in [1.807, 2.05) is 12.1 Å². The number of ether oxygens (including phenoxy) is 1. The van der Waals surface area contributed by atoms with Crippen LogP contribution in [0.3, 0.4) is 0 Å². The quantitative estimate of drug-likeness (QED) is 0.771. The largest absolute Gasteiger partial charge is 0.497 e. The molecule has 1 atom stereocenters. The molecule has 0 aliphatic carbocycles. The molecular formula is C16H20BrNOS. The first kappa shape index (κ1) is 15.5. The van der Waals surface area contributed by atoms with Gasteiger partial charge in [0.15, 0.2) is 0 Å². The van der Waals surface area contributed by atoms with Crippen LogP contribution in [-0.4, -0.2) is 13.7 Å². The van der Waals surface area contributed by atoms with Gasteiger partial charge in [0.05, 0.1) is 7.11 Å². The zero-order valence-electron chi connectivity index (χ0n) is 11.9. The summed E-state index contributed by atoms with van der Waals surface area (Å²) >= 11 is 5.38. The molecule has 108 valence electrons. The smallest absolute Gasteiger partial charge is 0.118 e. The van der Waals surface area contributed by atoms with Crippen LogP contribution in [-0.2, 0) is 6.42 Å². The van der Waals surface area contributed by atoms with E-state index in [0.29, 0.717) is 6.04 Å². The Morgan fingerprint density at radius 2 is 2.00 bits per heavy atom. The Kier molecular flexibility index (Phi) is 6.07.